The van der Waals surface area contributed by atoms with E-state index in [1.54, 1.807) is 18.6 Å². The molecule has 0 fully saturated rings. The summed E-state index contributed by atoms with van der Waals surface area (Å²) in [5, 5.41) is 7.51. The molecule has 0 amide bonds. The van der Waals surface area contributed by atoms with Gasteiger partial charge in [-0.15, -0.1) is 0 Å². The number of anilines is 1. The Morgan fingerprint density at radius 2 is 1.89 bits per heavy atom. The average Bonchev–Trinajstić information content (AvgIpc) is 2.46. The molecule has 3 N–H and O–H groups in total. The van der Waals surface area contributed by atoms with Gasteiger partial charge in [-0.25, -0.2) is 9.97 Å². The van der Waals surface area contributed by atoms with E-state index in [1.807, 2.05) is 24.1 Å². The zero-order chi connectivity index (χ0) is 13.7. The molecule has 0 saturated heterocycles. The Labute approximate surface area is 111 Å². The monoisotopic (exact) mass is 256 g/mol. The maximum Gasteiger partial charge on any atom is 0.158 e. The van der Waals surface area contributed by atoms with Crippen LogP contribution in [0.4, 0.5) is 5.82 Å². The molecule has 0 spiro atoms. The van der Waals surface area contributed by atoms with Crippen LogP contribution in [0.25, 0.3) is 0 Å². The molecule has 0 atom stereocenters. The van der Waals surface area contributed by atoms with Crippen molar-refractivity contribution in [2.75, 3.05) is 18.5 Å². The molecule has 2 rings (SSSR count). The lowest BCUT2D eigenvalue weighted by atomic mass is 10.2. The van der Waals surface area contributed by atoms with Crippen molar-refractivity contribution in [3.8, 4) is 0 Å². The summed E-state index contributed by atoms with van der Waals surface area (Å²) in [6, 6.07) is 3.97. The minimum atomic E-state index is -0.0705. The first-order chi connectivity index (χ1) is 9.18. The molecule has 98 valence electrons. The molecule has 2 aromatic rings. The number of nitrogens with one attached hydrogen (secondary N) is 1. The number of pyridine rings is 1. The van der Waals surface area contributed by atoms with E-state index in [0.29, 0.717) is 11.5 Å². The van der Waals surface area contributed by atoms with E-state index in [4.69, 9.17) is 11.1 Å². The highest BCUT2D eigenvalue weighted by atomic mass is 15.2. The van der Waals surface area contributed by atoms with Gasteiger partial charge in [0.05, 0.1) is 0 Å². The molecule has 0 radical (unpaired) electrons. The first-order valence-electron chi connectivity index (χ1n) is 5.94. The summed E-state index contributed by atoms with van der Waals surface area (Å²) >= 11 is 0. The van der Waals surface area contributed by atoms with E-state index >= 15 is 0 Å². The van der Waals surface area contributed by atoms with Gasteiger partial charge < -0.3 is 10.6 Å². The summed E-state index contributed by atoms with van der Waals surface area (Å²) in [6.07, 6.45) is 7.56. The van der Waals surface area contributed by atoms with Crippen LogP contribution in [-0.2, 0) is 6.42 Å². The number of amidine groups is 1. The summed E-state index contributed by atoms with van der Waals surface area (Å²) in [4.78, 5) is 14.3. The number of nitrogens with zero attached hydrogens (tertiary/aromatic N) is 4. The summed E-state index contributed by atoms with van der Waals surface area (Å²) in [5.74, 6) is 0.558. The molecular formula is C13H16N6. The van der Waals surface area contributed by atoms with E-state index in [0.717, 1.165) is 13.0 Å². The lowest BCUT2D eigenvalue weighted by Crippen LogP contribution is -2.26. The van der Waals surface area contributed by atoms with Crippen molar-refractivity contribution in [2.24, 2.45) is 5.73 Å². The fourth-order valence-corrected chi connectivity index (χ4v) is 1.75. The smallest absolute Gasteiger partial charge is 0.158 e. The van der Waals surface area contributed by atoms with Gasteiger partial charge >= 0.3 is 0 Å². The molecule has 2 aromatic heterocycles. The van der Waals surface area contributed by atoms with Crippen LogP contribution in [0, 0.1) is 5.41 Å². The van der Waals surface area contributed by atoms with Crippen LogP contribution in [0.2, 0.25) is 0 Å². The van der Waals surface area contributed by atoms with E-state index in [-0.39, 0.29) is 5.84 Å². The van der Waals surface area contributed by atoms with Gasteiger partial charge in [0.2, 0.25) is 0 Å². The zero-order valence-electron chi connectivity index (χ0n) is 10.7. The SMILES string of the molecule is CN(CCc1ccncc1)c1nccnc1C(=N)N. The molecule has 0 aliphatic heterocycles. The van der Waals surface area contributed by atoms with Gasteiger partial charge in [0.1, 0.15) is 11.5 Å². The van der Waals surface area contributed by atoms with Crippen LogP contribution in [0.15, 0.2) is 36.9 Å². The highest BCUT2D eigenvalue weighted by Crippen LogP contribution is 2.13. The third kappa shape index (κ3) is 3.25. The minimum absolute atomic E-state index is 0.0705. The fourth-order valence-electron chi connectivity index (χ4n) is 1.75. The molecule has 0 unspecified atom stereocenters. The highest BCUT2D eigenvalue weighted by molar-refractivity contribution is 5.97. The second-order valence-corrected chi connectivity index (χ2v) is 4.17. The van der Waals surface area contributed by atoms with Gasteiger partial charge in [0.25, 0.3) is 0 Å². The summed E-state index contributed by atoms with van der Waals surface area (Å²) in [7, 11) is 1.91. The van der Waals surface area contributed by atoms with E-state index in [1.165, 1.54) is 11.8 Å². The zero-order valence-corrected chi connectivity index (χ0v) is 10.7. The van der Waals surface area contributed by atoms with Crippen LogP contribution >= 0.6 is 0 Å². The maximum absolute atomic E-state index is 7.51. The van der Waals surface area contributed by atoms with E-state index in [2.05, 4.69) is 15.0 Å². The van der Waals surface area contributed by atoms with Crippen LogP contribution in [0.5, 0.6) is 0 Å². The molecular weight excluding hydrogens is 240 g/mol. The third-order valence-corrected chi connectivity index (χ3v) is 2.78. The van der Waals surface area contributed by atoms with Crippen molar-refractivity contribution in [1.82, 2.24) is 15.0 Å². The van der Waals surface area contributed by atoms with Crippen molar-refractivity contribution in [2.45, 2.75) is 6.42 Å². The molecule has 6 heteroatoms. The van der Waals surface area contributed by atoms with Crippen molar-refractivity contribution in [1.29, 1.82) is 5.41 Å². The first-order valence-corrected chi connectivity index (χ1v) is 5.94. The summed E-state index contributed by atoms with van der Waals surface area (Å²) < 4.78 is 0. The Morgan fingerprint density at radius 3 is 2.58 bits per heavy atom. The molecule has 0 aromatic carbocycles. The van der Waals surface area contributed by atoms with Crippen molar-refractivity contribution in [3.05, 3.63) is 48.2 Å². The van der Waals surface area contributed by atoms with Gasteiger partial charge in [-0.3, -0.25) is 10.4 Å². The predicted molar refractivity (Wildman–Crippen MR) is 74.3 cm³/mol. The number of aromatic nitrogens is 3. The molecule has 0 aliphatic carbocycles. The van der Waals surface area contributed by atoms with Crippen molar-refractivity contribution in [3.63, 3.8) is 0 Å². The first kappa shape index (κ1) is 12.9. The second kappa shape index (κ2) is 5.90. The van der Waals surface area contributed by atoms with Crippen LogP contribution in [0.1, 0.15) is 11.3 Å². The fraction of sp³-hybridized carbons (Fsp3) is 0.231. The number of nitrogens with two attached hydrogens (primary N) is 1. The lowest BCUT2D eigenvalue weighted by Gasteiger charge is -2.19. The Hall–Kier alpha value is -2.50. The van der Waals surface area contributed by atoms with Gasteiger partial charge in [-0.1, -0.05) is 0 Å². The van der Waals surface area contributed by atoms with Gasteiger partial charge in [0.15, 0.2) is 5.82 Å². The standard InChI is InChI=1S/C13H16N6/c1-19(9-4-10-2-5-16-6-3-10)13-11(12(14)15)17-7-8-18-13/h2-3,5-8H,4,9H2,1H3,(H3,14,15). The highest BCUT2D eigenvalue weighted by Gasteiger charge is 2.12. The van der Waals surface area contributed by atoms with Crippen LogP contribution in [-0.4, -0.2) is 34.4 Å². The molecule has 0 bridgehead atoms. The summed E-state index contributed by atoms with van der Waals surface area (Å²) in [5.41, 5.74) is 7.13. The van der Waals surface area contributed by atoms with Crippen LogP contribution < -0.4 is 10.6 Å². The van der Waals surface area contributed by atoms with Crippen molar-refractivity contribution >= 4 is 11.7 Å². The van der Waals surface area contributed by atoms with Crippen LogP contribution in [0.3, 0.4) is 0 Å². The van der Waals surface area contributed by atoms with E-state index < -0.39 is 0 Å². The quantitative estimate of drug-likeness (QED) is 0.611. The third-order valence-electron chi connectivity index (χ3n) is 2.78. The van der Waals surface area contributed by atoms with E-state index in [9.17, 15) is 0 Å². The largest absolute Gasteiger partial charge is 0.382 e. The molecule has 0 aliphatic rings. The minimum Gasteiger partial charge on any atom is -0.382 e. The molecule has 0 saturated carbocycles. The maximum atomic E-state index is 7.51. The van der Waals surface area contributed by atoms with Gasteiger partial charge in [-0.2, -0.15) is 0 Å². The molecule has 19 heavy (non-hydrogen) atoms. The lowest BCUT2D eigenvalue weighted by molar-refractivity contribution is 0.850. The molecule has 2 heterocycles. The Morgan fingerprint density at radius 1 is 1.21 bits per heavy atom. The van der Waals surface area contributed by atoms with Gasteiger partial charge in [0, 0.05) is 38.4 Å². The number of hydrogen-bond acceptors (Lipinski definition) is 5. The Bertz CT molecular complexity index is 554. The number of nitrogen functional groups attached to an aromatic ring is 1. The Kier molecular flexibility index (Phi) is 4.02. The number of rotatable bonds is 5. The van der Waals surface area contributed by atoms with Gasteiger partial charge in [-0.05, 0) is 24.1 Å². The van der Waals surface area contributed by atoms with Crippen molar-refractivity contribution < 1.29 is 0 Å². The topological polar surface area (TPSA) is 91.8 Å². The Balaban J connectivity index is 2.08. The number of hydrogen-bond donors (Lipinski definition) is 2. The second-order valence-electron chi connectivity index (χ2n) is 4.17. The average molecular weight is 256 g/mol. The predicted octanol–water partition coefficient (Wildman–Crippen LogP) is 0.835. The normalized spacial score (nSPS) is 10.2. The molecule has 6 nitrogen and oxygen atoms in total. The summed E-state index contributed by atoms with van der Waals surface area (Å²) in [6.45, 7) is 0.767. The number of likely N-dealkylation sites (N-methyl/N-ethyl adjacent to an activating group) is 1.